The molecule has 15 heavy (non-hydrogen) atoms. The summed E-state index contributed by atoms with van der Waals surface area (Å²) in [4.78, 5) is 9.26. The van der Waals surface area contributed by atoms with Crippen molar-refractivity contribution in [3.63, 3.8) is 0 Å². The van der Waals surface area contributed by atoms with Gasteiger partial charge >= 0.3 is 0 Å². The van der Waals surface area contributed by atoms with Crippen LogP contribution in [0.25, 0.3) is 0 Å². The summed E-state index contributed by atoms with van der Waals surface area (Å²) in [6.45, 7) is 2.73. The number of nitriles is 1. The average molecular weight is 219 g/mol. The van der Waals surface area contributed by atoms with E-state index < -0.39 is 0 Å². The maximum absolute atomic E-state index is 8.55. The van der Waals surface area contributed by atoms with Crippen LogP contribution in [0.2, 0.25) is 0 Å². The first-order chi connectivity index (χ1) is 7.29. The highest BCUT2D eigenvalue weighted by molar-refractivity contribution is 7.09. The lowest BCUT2D eigenvalue weighted by molar-refractivity contribution is 0.613. The molecule has 2 aromatic heterocycles. The Bertz CT molecular complexity index is 493. The molecule has 2 aromatic rings. The van der Waals surface area contributed by atoms with Crippen LogP contribution in [-0.2, 0) is 13.0 Å². The zero-order valence-electron chi connectivity index (χ0n) is 8.21. The van der Waals surface area contributed by atoms with E-state index in [1.807, 2.05) is 18.5 Å². The van der Waals surface area contributed by atoms with Gasteiger partial charge in [-0.3, -0.25) is 4.68 Å². The van der Waals surface area contributed by atoms with E-state index in [1.165, 1.54) is 4.88 Å². The largest absolute Gasteiger partial charge is 0.252 e. The highest BCUT2D eigenvalue weighted by atomic mass is 32.1. The Morgan fingerprint density at radius 2 is 2.40 bits per heavy atom. The molecular formula is C9H9N5S. The fourth-order valence-corrected chi connectivity index (χ4v) is 2.01. The molecule has 0 aliphatic heterocycles. The Labute approximate surface area is 91.0 Å². The third-order valence-electron chi connectivity index (χ3n) is 2.05. The second-order valence-corrected chi connectivity index (χ2v) is 3.99. The molecule has 0 spiro atoms. The number of thiazole rings is 1. The summed E-state index contributed by atoms with van der Waals surface area (Å²) in [5, 5.41) is 12.5. The Morgan fingerprint density at radius 3 is 3.00 bits per heavy atom. The molecular weight excluding hydrogens is 210 g/mol. The Hall–Kier alpha value is -1.74. The van der Waals surface area contributed by atoms with Crippen molar-refractivity contribution in [3.05, 3.63) is 28.2 Å². The van der Waals surface area contributed by atoms with Gasteiger partial charge in [0.1, 0.15) is 12.4 Å². The molecule has 0 N–H and O–H groups in total. The summed E-state index contributed by atoms with van der Waals surface area (Å²) in [6, 6.07) is 1.90. The fourth-order valence-electron chi connectivity index (χ4n) is 1.24. The van der Waals surface area contributed by atoms with Crippen molar-refractivity contribution in [1.29, 1.82) is 5.26 Å². The van der Waals surface area contributed by atoms with E-state index in [4.69, 9.17) is 5.26 Å². The zero-order chi connectivity index (χ0) is 10.7. The second-order valence-electron chi connectivity index (χ2n) is 3.05. The molecule has 0 unspecified atom stereocenters. The maximum Gasteiger partial charge on any atom is 0.252 e. The van der Waals surface area contributed by atoms with Crippen LogP contribution in [0, 0.1) is 18.3 Å². The first-order valence-electron chi connectivity index (χ1n) is 4.48. The van der Waals surface area contributed by atoms with E-state index in [0.29, 0.717) is 0 Å². The molecule has 0 aromatic carbocycles. The monoisotopic (exact) mass is 219 g/mol. The molecule has 0 atom stereocenters. The van der Waals surface area contributed by atoms with Gasteiger partial charge < -0.3 is 0 Å². The molecule has 5 nitrogen and oxygen atoms in total. The molecule has 0 bridgehead atoms. The predicted octanol–water partition coefficient (Wildman–Crippen LogP) is 1.16. The maximum atomic E-state index is 8.55. The highest BCUT2D eigenvalue weighted by Crippen LogP contribution is 2.13. The van der Waals surface area contributed by atoms with Gasteiger partial charge in [0.05, 0.1) is 11.2 Å². The normalized spacial score (nSPS) is 10.1. The average Bonchev–Trinajstić information content (AvgIpc) is 2.84. The fraction of sp³-hybridized carbons (Fsp3) is 0.333. The Kier molecular flexibility index (Phi) is 2.74. The predicted molar refractivity (Wildman–Crippen MR) is 55.3 cm³/mol. The van der Waals surface area contributed by atoms with Crippen molar-refractivity contribution >= 4 is 11.3 Å². The van der Waals surface area contributed by atoms with E-state index in [9.17, 15) is 0 Å². The van der Waals surface area contributed by atoms with Gasteiger partial charge in [0.25, 0.3) is 5.82 Å². The van der Waals surface area contributed by atoms with E-state index >= 15 is 0 Å². The molecule has 0 amide bonds. The van der Waals surface area contributed by atoms with Crippen molar-refractivity contribution in [1.82, 2.24) is 19.7 Å². The van der Waals surface area contributed by atoms with E-state index in [0.717, 1.165) is 18.7 Å². The van der Waals surface area contributed by atoms with Crippen LogP contribution >= 0.6 is 11.3 Å². The van der Waals surface area contributed by atoms with Gasteiger partial charge in [0.15, 0.2) is 0 Å². The third kappa shape index (κ3) is 2.19. The molecule has 0 aliphatic carbocycles. The van der Waals surface area contributed by atoms with Crippen LogP contribution in [0.4, 0.5) is 0 Å². The van der Waals surface area contributed by atoms with Crippen LogP contribution < -0.4 is 0 Å². The lowest BCUT2D eigenvalue weighted by atomic mass is 10.3. The van der Waals surface area contributed by atoms with Gasteiger partial charge in [-0.25, -0.2) is 9.97 Å². The molecule has 0 saturated carbocycles. The zero-order valence-corrected chi connectivity index (χ0v) is 9.03. The molecule has 0 saturated heterocycles. The van der Waals surface area contributed by atoms with Crippen LogP contribution in [0.15, 0.2) is 11.8 Å². The quantitative estimate of drug-likeness (QED) is 0.776. The van der Waals surface area contributed by atoms with Gasteiger partial charge in [-0.05, 0) is 6.92 Å². The topological polar surface area (TPSA) is 67.4 Å². The minimum atomic E-state index is 0.219. The second kappa shape index (κ2) is 4.19. The van der Waals surface area contributed by atoms with Crippen molar-refractivity contribution in [2.24, 2.45) is 0 Å². The lowest BCUT2D eigenvalue weighted by Crippen LogP contribution is -2.02. The summed E-state index contributed by atoms with van der Waals surface area (Å²) < 4.78 is 1.68. The third-order valence-corrected chi connectivity index (χ3v) is 3.04. The van der Waals surface area contributed by atoms with Gasteiger partial charge in [0.2, 0.25) is 0 Å². The van der Waals surface area contributed by atoms with Gasteiger partial charge in [-0.2, -0.15) is 5.26 Å². The summed E-state index contributed by atoms with van der Waals surface area (Å²) in [7, 11) is 0. The number of rotatable bonds is 3. The molecule has 0 fully saturated rings. The van der Waals surface area contributed by atoms with Crippen molar-refractivity contribution < 1.29 is 0 Å². The van der Waals surface area contributed by atoms with E-state index in [2.05, 4.69) is 15.1 Å². The Balaban J connectivity index is 2.00. The van der Waals surface area contributed by atoms with Crippen LogP contribution in [0.3, 0.4) is 0 Å². The summed E-state index contributed by atoms with van der Waals surface area (Å²) in [6.07, 6.45) is 2.46. The lowest BCUT2D eigenvalue weighted by Gasteiger charge is -1.98. The first kappa shape index (κ1) is 9.80. The first-order valence-corrected chi connectivity index (χ1v) is 5.36. The van der Waals surface area contributed by atoms with Crippen LogP contribution in [0.1, 0.15) is 16.4 Å². The number of nitrogens with zero attached hydrogens (tertiary/aromatic N) is 5. The molecule has 76 valence electrons. The van der Waals surface area contributed by atoms with Crippen LogP contribution in [-0.4, -0.2) is 19.7 Å². The van der Waals surface area contributed by atoms with Crippen molar-refractivity contribution in [3.8, 4) is 6.07 Å². The highest BCUT2D eigenvalue weighted by Gasteiger charge is 2.03. The molecule has 0 aliphatic rings. The number of aromatic nitrogens is 4. The molecule has 2 heterocycles. The smallest absolute Gasteiger partial charge is 0.251 e. The molecule has 2 rings (SSSR count). The van der Waals surface area contributed by atoms with Gasteiger partial charge in [0, 0.05) is 17.8 Å². The van der Waals surface area contributed by atoms with E-state index in [-0.39, 0.29) is 5.82 Å². The number of hydrogen-bond acceptors (Lipinski definition) is 5. The summed E-state index contributed by atoms with van der Waals surface area (Å²) in [5.41, 5.74) is 2.91. The summed E-state index contributed by atoms with van der Waals surface area (Å²) in [5.74, 6) is 0.219. The van der Waals surface area contributed by atoms with Crippen molar-refractivity contribution in [2.45, 2.75) is 19.9 Å². The van der Waals surface area contributed by atoms with Crippen LogP contribution in [0.5, 0.6) is 0 Å². The molecule has 0 radical (unpaired) electrons. The summed E-state index contributed by atoms with van der Waals surface area (Å²) >= 11 is 1.64. The number of aryl methyl sites for hydroxylation is 3. The minimum absolute atomic E-state index is 0.219. The van der Waals surface area contributed by atoms with E-state index in [1.54, 1.807) is 22.3 Å². The minimum Gasteiger partial charge on any atom is -0.251 e. The SMILES string of the molecule is Cc1ncsc1CCn1cnc(C#N)n1. The molecule has 6 heteroatoms. The van der Waals surface area contributed by atoms with Gasteiger partial charge in [-0.1, -0.05) is 0 Å². The number of hydrogen-bond donors (Lipinski definition) is 0. The van der Waals surface area contributed by atoms with Crippen molar-refractivity contribution in [2.75, 3.05) is 0 Å². The Morgan fingerprint density at radius 1 is 1.53 bits per heavy atom. The van der Waals surface area contributed by atoms with Gasteiger partial charge in [-0.15, -0.1) is 16.4 Å². The standard InChI is InChI=1S/C9H9N5S/c1-7-8(15-6-12-7)2-3-14-5-11-9(4-10)13-14/h5-6H,2-3H2,1H3.